The number of hydrogen-bond acceptors (Lipinski definition) is 3. The summed E-state index contributed by atoms with van der Waals surface area (Å²) in [6.45, 7) is 5.33. The average Bonchev–Trinajstić information content (AvgIpc) is 2.27. The molecular formula is C13H18FNO2. The van der Waals surface area contributed by atoms with E-state index in [1.54, 1.807) is 19.2 Å². The SMILES string of the molecule is COc1cccc(F)c1C1CNCC(C)(C)O1. The number of ether oxygens (including phenoxy) is 2. The quantitative estimate of drug-likeness (QED) is 0.858. The molecule has 1 saturated heterocycles. The maximum Gasteiger partial charge on any atom is 0.132 e. The van der Waals surface area contributed by atoms with E-state index in [0.29, 0.717) is 17.9 Å². The van der Waals surface area contributed by atoms with E-state index in [4.69, 9.17) is 9.47 Å². The second kappa shape index (κ2) is 4.63. The Kier molecular flexibility index (Phi) is 3.35. The fourth-order valence-corrected chi connectivity index (χ4v) is 2.14. The zero-order valence-electron chi connectivity index (χ0n) is 10.4. The van der Waals surface area contributed by atoms with E-state index in [1.807, 2.05) is 13.8 Å². The molecule has 1 fully saturated rings. The van der Waals surface area contributed by atoms with Crippen molar-refractivity contribution in [3.63, 3.8) is 0 Å². The van der Waals surface area contributed by atoms with Gasteiger partial charge in [0.25, 0.3) is 0 Å². The molecule has 3 nitrogen and oxygen atoms in total. The predicted molar refractivity (Wildman–Crippen MR) is 63.7 cm³/mol. The summed E-state index contributed by atoms with van der Waals surface area (Å²) in [6.07, 6.45) is -0.310. The molecular weight excluding hydrogens is 221 g/mol. The third kappa shape index (κ3) is 2.58. The molecule has 4 heteroatoms. The van der Waals surface area contributed by atoms with Gasteiger partial charge in [0.2, 0.25) is 0 Å². The second-order valence-corrected chi connectivity index (χ2v) is 4.85. The molecule has 1 heterocycles. The Morgan fingerprint density at radius 1 is 1.47 bits per heavy atom. The maximum absolute atomic E-state index is 13.9. The van der Waals surface area contributed by atoms with Crippen molar-refractivity contribution in [3.05, 3.63) is 29.6 Å². The van der Waals surface area contributed by atoms with E-state index >= 15 is 0 Å². The molecule has 0 amide bonds. The highest BCUT2D eigenvalue weighted by Gasteiger charge is 2.32. The summed E-state index contributed by atoms with van der Waals surface area (Å²) < 4.78 is 25.0. The van der Waals surface area contributed by atoms with Crippen molar-refractivity contribution in [1.82, 2.24) is 5.32 Å². The third-order valence-electron chi connectivity index (χ3n) is 2.90. The molecule has 1 unspecified atom stereocenters. The number of nitrogens with one attached hydrogen (secondary N) is 1. The topological polar surface area (TPSA) is 30.5 Å². The first-order chi connectivity index (χ1) is 8.03. The lowest BCUT2D eigenvalue weighted by atomic mass is 10.0. The summed E-state index contributed by atoms with van der Waals surface area (Å²) in [7, 11) is 1.54. The van der Waals surface area contributed by atoms with Crippen LogP contribution in [0.25, 0.3) is 0 Å². The molecule has 0 aromatic heterocycles. The Morgan fingerprint density at radius 2 is 2.24 bits per heavy atom. The van der Waals surface area contributed by atoms with Crippen LogP contribution in [0.3, 0.4) is 0 Å². The highest BCUT2D eigenvalue weighted by molar-refractivity contribution is 5.37. The summed E-state index contributed by atoms with van der Waals surface area (Å²) in [6, 6.07) is 4.82. The molecule has 17 heavy (non-hydrogen) atoms. The van der Waals surface area contributed by atoms with E-state index in [1.165, 1.54) is 6.07 Å². The van der Waals surface area contributed by atoms with E-state index in [2.05, 4.69) is 5.32 Å². The summed E-state index contributed by atoms with van der Waals surface area (Å²) in [5, 5.41) is 3.25. The van der Waals surface area contributed by atoms with E-state index in [-0.39, 0.29) is 17.5 Å². The Morgan fingerprint density at radius 3 is 2.88 bits per heavy atom. The number of morpholine rings is 1. The zero-order chi connectivity index (χ0) is 12.5. The molecule has 2 rings (SSSR count). The van der Waals surface area contributed by atoms with Gasteiger partial charge in [-0.1, -0.05) is 6.07 Å². The second-order valence-electron chi connectivity index (χ2n) is 4.85. The van der Waals surface area contributed by atoms with Crippen LogP contribution in [-0.2, 0) is 4.74 Å². The molecule has 1 atom stereocenters. The lowest BCUT2D eigenvalue weighted by Gasteiger charge is -2.37. The van der Waals surface area contributed by atoms with Gasteiger partial charge in [-0.2, -0.15) is 0 Å². The predicted octanol–water partition coefficient (Wildman–Crippen LogP) is 2.27. The van der Waals surface area contributed by atoms with Gasteiger partial charge in [0.15, 0.2) is 0 Å². The number of hydrogen-bond donors (Lipinski definition) is 1. The van der Waals surface area contributed by atoms with E-state index in [0.717, 1.165) is 6.54 Å². The number of methoxy groups -OCH3 is 1. The van der Waals surface area contributed by atoms with Gasteiger partial charge >= 0.3 is 0 Å². The van der Waals surface area contributed by atoms with Crippen molar-refractivity contribution in [2.24, 2.45) is 0 Å². The first-order valence-electron chi connectivity index (χ1n) is 5.74. The monoisotopic (exact) mass is 239 g/mol. The zero-order valence-corrected chi connectivity index (χ0v) is 10.4. The molecule has 1 aromatic rings. The van der Waals surface area contributed by atoms with E-state index < -0.39 is 0 Å². The normalized spacial score (nSPS) is 23.4. The summed E-state index contributed by atoms with van der Waals surface area (Å²) in [4.78, 5) is 0. The Labute approximate surface area is 101 Å². The van der Waals surface area contributed by atoms with Crippen LogP contribution in [0.4, 0.5) is 4.39 Å². The van der Waals surface area contributed by atoms with Crippen LogP contribution in [0.1, 0.15) is 25.5 Å². The summed E-state index contributed by atoms with van der Waals surface area (Å²) in [5.41, 5.74) is 0.200. The molecule has 1 aliphatic rings. The molecule has 0 spiro atoms. The fraction of sp³-hybridized carbons (Fsp3) is 0.538. The number of rotatable bonds is 2. The van der Waals surface area contributed by atoms with Gasteiger partial charge in [-0.05, 0) is 26.0 Å². The molecule has 94 valence electrons. The van der Waals surface area contributed by atoms with Gasteiger partial charge in [-0.3, -0.25) is 0 Å². The largest absolute Gasteiger partial charge is 0.496 e. The lowest BCUT2D eigenvalue weighted by molar-refractivity contribution is -0.0976. The minimum absolute atomic E-state index is 0.283. The Bertz CT molecular complexity index is 406. The first-order valence-corrected chi connectivity index (χ1v) is 5.74. The standard InChI is InChI=1S/C13H18FNO2/c1-13(2)8-15-7-11(17-13)12-9(14)5-4-6-10(12)16-3/h4-6,11,15H,7-8H2,1-3H3. The molecule has 0 radical (unpaired) electrons. The molecule has 1 aliphatic heterocycles. The van der Waals surface area contributed by atoms with Crippen molar-refractivity contribution in [2.75, 3.05) is 20.2 Å². The first kappa shape index (κ1) is 12.3. The Hall–Kier alpha value is -1.13. The van der Waals surface area contributed by atoms with Gasteiger partial charge in [0.1, 0.15) is 17.7 Å². The summed E-state index contributed by atoms with van der Waals surface area (Å²) >= 11 is 0. The highest BCUT2D eigenvalue weighted by Crippen LogP contribution is 2.34. The van der Waals surface area contributed by atoms with Gasteiger partial charge in [-0.25, -0.2) is 4.39 Å². The van der Waals surface area contributed by atoms with Crippen LogP contribution < -0.4 is 10.1 Å². The highest BCUT2D eigenvalue weighted by atomic mass is 19.1. The van der Waals surface area contributed by atoms with E-state index in [9.17, 15) is 4.39 Å². The van der Waals surface area contributed by atoms with Crippen molar-refractivity contribution >= 4 is 0 Å². The average molecular weight is 239 g/mol. The molecule has 0 bridgehead atoms. The van der Waals surface area contributed by atoms with Crippen molar-refractivity contribution in [1.29, 1.82) is 0 Å². The minimum Gasteiger partial charge on any atom is -0.496 e. The smallest absolute Gasteiger partial charge is 0.132 e. The van der Waals surface area contributed by atoms with Crippen LogP contribution in [-0.4, -0.2) is 25.8 Å². The van der Waals surface area contributed by atoms with Crippen LogP contribution in [0.2, 0.25) is 0 Å². The van der Waals surface area contributed by atoms with Crippen LogP contribution >= 0.6 is 0 Å². The number of halogens is 1. The number of benzene rings is 1. The fourth-order valence-electron chi connectivity index (χ4n) is 2.14. The van der Waals surface area contributed by atoms with Gasteiger partial charge in [0, 0.05) is 13.1 Å². The van der Waals surface area contributed by atoms with Crippen LogP contribution in [0, 0.1) is 5.82 Å². The Balaban J connectivity index is 2.33. The molecule has 1 N–H and O–H groups in total. The van der Waals surface area contributed by atoms with Crippen molar-refractivity contribution < 1.29 is 13.9 Å². The minimum atomic E-state index is -0.310. The maximum atomic E-state index is 13.9. The van der Waals surface area contributed by atoms with Gasteiger partial charge in [-0.15, -0.1) is 0 Å². The molecule has 0 aliphatic carbocycles. The van der Waals surface area contributed by atoms with Gasteiger partial charge in [0.05, 0.1) is 18.3 Å². The van der Waals surface area contributed by atoms with Crippen LogP contribution in [0.5, 0.6) is 5.75 Å². The molecule has 1 aromatic carbocycles. The molecule has 0 saturated carbocycles. The lowest BCUT2D eigenvalue weighted by Crippen LogP contribution is -2.47. The van der Waals surface area contributed by atoms with Crippen molar-refractivity contribution in [2.45, 2.75) is 25.6 Å². The van der Waals surface area contributed by atoms with Gasteiger partial charge < -0.3 is 14.8 Å². The van der Waals surface area contributed by atoms with Crippen molar-refractivity contribution in [3.8, 4) is 5.75 Å². The van der Waals surface area contributed by atoms with Crippen LogP contribution in [0.15, 0.2) is 18.2 Å². The summed E-state index contributed by atoms with van der Waals surface area (Å²) in [5.74, 6) is 0.253. The third-order valence-corrected chi connectivity index (χ3v) is 2.90.